The fourth-order valence-corrected chi connectivity index (χ4v) is 3.73. The number of nitrogens with one attached hydrogen (secondary N) is 2. The first-order chi connectivity index (χ1) is 13.1. The molecule has 1 spiro atoms. The summed E-state index contributed by atoms with van der Waals surface area (Å²) in [6, 6.07) is 12.7. The second kappa shape index (κ2) is 5.83. The number of carbonyl (C=O) groups is 1. The number of rotatable bonds is 1. The summed E-state index contributed by atoms with van der Waals surface area (Å²) in [6.07, 6.45) is 1.85. The predicted octanol–water partition coefficient (Wildman–Crippen LogP) is 3.52. The first-order valence-electron chi connectivity index (χ1n) is 8.07. The molecule has 0 aliphatic carbocycles. The fourth-order valence-electron chi connectivity index (χ4n) is 3.26. The number of hydrogen-bond acceptors (Lipinski definition) is 7. The van der Waals surface area contributed by atoms with Crippen molar-refractivity contribution in [2.24, 2.45) is 0 Å². The number of para-hydroxylation sites is 1. The Labute approximate surface area is 163 Å². The van der Waals surface area contributed by atoms with Crippen LogP contribution in [0.15, 0.2) is 47.6 Å². The van der Waals surface area contributed by atoms with E-state index in [1.54, 1.807) is 18.2 Å². The maximum atomic E-state index is 13.0. The Bertz CT molecular complexity index is 1110. The van der Waals surface area contributed by atoms with Crippen LogP contribution in [0.4, 0.5) is 11.4 Å². The van der Waals surface area contributed by atoms with E-state index in [0.717, 1.165) is 5.56 Å². The number of nitrogens with zero attached hydrogens (tertiary/aromatic N) is 3. The smallest absolute Gasteiger partial charge is 0.295 e. The van der Waals surface area contributed by atoms with Gasteiger partial charge in [-0.05, 0) is 30.5 Å². The highest BCUT2D eigenvalue weighted by Crippen LogP contribution is 2.46. The molecule has 1 amide bonds. The molecule has 0 saturated heterocycles. The zero-order valence-corrected chi connectivity index (χ0v) is 15.6. The maximum absolute atomic E-state index is 13.0. The van der Waals surface area contributed by atoms with E-state index in [1.165, 1.54) is 11.8 Å². The number of amides is 1. The summed E-state index contributed by atoms with van der Waals surface area (Å²) in [4.78, 5) is 17.5. The highest BCUT2D eigenvalue weighted by atomic mass is 35.5. The van der Waals surface area contributed by atoms with Gasteiger partial charge in [0.2, 0.25) is 11.0 Å². The largest absolute Gasteiger partial charge is 0.435 e. The van der Waals surface area contributed by atoms with Crippen LogP contribution in [-0.2, 0) is 10.5 Å². The lowest BCUT2D eigenvalue weighted by Crippen LogP contribution is -2.47. The summed E-state index contributed by atoms with van der Waals surface area (Å²) in [5, 5.41) is 15.4. The van der Waals surface area contributed by atoms with Crippen molar-refractivity contribution >= 4 is 40.6 Å². The zero-order chi connectivity index (χ0) is 18.6. The minimum absolute atomic E-state index is 0.231. The van der Waals surface area contributed by atoms with Crippen molar-refractivity contribution in [2.75, 3.05) is 16.9 Å². The minimum atomic E-state index is -1.51. The third-order valence-electron chi connectivity index (χ3n) is 4.49. The highest BCUT2D eigenvalue weighted by molar-refractivity contribution is 7.98. The third kappa shape index (κ3) is 2.37. The van der Waals surface area contributed by atoms with Crippen molar-refractivity contribution in [3.63, 3.8) is 0 Å². The summed E-state index contributed by atoms with van der Waals surface area (Å²) < 4.78 is 6.22. The number of ether oxygens (including phenoxy) is 1. The molecule has 0 bridgehead atoms. The van der Waals surface area contributed by atoms with Crippen LogP contribution in [0.25, 0.3) is 11.3 Å². The zero-order valence-electron chi connectivity index (χ0n) is 14.0. The fraction of sp³-hybridized carbons (Fsp3) is 0.111. The van der Waals surface area contributed by atoms with Crippen LogP contribution in [0.3, 0.4) is 0 Å². The molecule has 0 unspecified atom stereocenters. The molecule has 1 atom stereocenters. The van der Waals surface area contributed by atoms with Crippen LogP contribution in [0.2, 0.25) is 5.02 Å². The molecule has 134 valence electrons. The van der Waals surface area contributed by atoms with Crippen molar-refractivity contribution in [1.29, 1.82) is 0 Å². The van der Waals surface area contributed by atoms with E-state index in [1.807, 2.05) is 30.5 Å². The van der Waals surface area contributed by atoms with Crippen LogP contribution in [-0.4, -0.2) is 27.3 Å². The summed E-state index contributed by atoms with van der Waals surface area (Å²) in [5.41, 5.74) is 1.62. The van der Waals surface area contributed by atoms with Gasteiger partial charge in [0.1, 0.15) is 0 Å². The van der Waals surface area contributed by atoms with Crippen LogP contribution >= 0.6 is 23.4 Å². The molecule has 0 fully saturated rings. The maximum Gasteiger partial charge on any atom is 0.295 e. The molecular formula is C18H12ClN5O2S. The summed E-state index contributed by atoms with van der Waals surface area (Å²) in [7, 11) is 0. The molecule has 0 saturated carbocycles. The van der Waals surface area contributed by atoms with E-state index >= 15 is 0 Å². The lowest BCUT2D eigenvalue weighted by molar-refractivity contribution is -0.128. The molecule has 27 heavy (non-hydrogen) atoms. The topological polar surface area (TPSA) is 89.0 Å². The van der Waals surface area contributed by atoms with Gasteiger partial charge < -0.3 is 15.4 Å². The minimum Gasteiger partial charge on any atom is -0.435 e. The number of hydrogen-bond donors (Lipinski definition) is 2. The van der Waals surface area contributed by atoms with E-state index in [2.05, 4.69) is 25.8 Å². The Hall–Kier alpha value is -2.84. The van der Waals surface area contributed by atoms with Crippen molar-refractivity contribution in [1.82, 2.24) is 15.2 Å². The van der Waals surface area contributed by atoms with Crippen LogP contribution < -0.4 is 15.4 Å². The monoisotopic (exact) mass is 397 g/mol. The van der Waals surface area contributed by atoms with E-state index in [4.69, 9.17) is 16.3 Å². The summed E-state index contributed by atoms with van der Waals surface area (Å²) >= 11 is 7.54. The molecule has 0 radical (unpaired) electrons. The second-order valence-electron chi connectivity index (χ2n) is 6.05. The van der Waals surface area contributed by atoms with Crippen molar-refractivity contribution in [3.8, 4) is 17.1 Å². The van der Waals surface area contributed by atoms with Gasteiger partial charge in [0.25, 0.3) is 11.6 Å². The number of aromatic nitrogens is 3. The molecule has 2 aromatic carbocycles. The van der Waals surface area contributed by atoms with E-state index in [0.29, 0.717) is 32.8 Å². The Morgan fingerprint density at radius 2 is 2.00 bits per heavy atom. The van der Waals surface area contributed by atoms with Crippen molar-refractivity contribution in [2.45, 2.75) is 10.9 Å². The Balaban J connectivity index is 1.80. The predicted molar refractivity (Wildman–Crippen MR) is 103 cm³/mol. The average molecular weight is 398 g/mol. The first kappa shape index (κ1) is 16.3. The van der Waals surface area contributed by atoms with E-state index in [9.17, 15) is 4.79 Å². The first-order valence-corrected chi connectivity index (χ1v) is 9.68. The van der Waals surface area contributed by atoms with Crippen molar-refractivity contribution < 1.29 is 9.53 Å². The molecule has 1 aromatic heterocycles. The lowest BCUT2D eigenvalue weighted by Gasteiger charge is -2.28. The molecule has 2 aliphatic heterocycles. The lowest BCUT2D eigenvalue weighted by atomic mass is 10.0. The van der Waals surface area contributed by atoms with Crippen LogP contribution in [0.5, 0.6) is 5.88 Å². The van der Waals surface area contributed by atoms with Gasteiger partial charge in [0, 0.05) is 16.3 Å². The second-order valence-corrected chi connectivity index (χ2v) is 7.26. The van der Waals surface area contributed by atoms with Gasteiger partial charge >= 0.3 is 0 Å². The van der Waals surface area contributed by atoms with E-state index < -0.39 is 5.72 Å². The van der Waals surface area contributed by atoms with E-state index in [-0.39, 0.29) is 11.8 Å². The van der Waals surface area contributed by atoms with Crippen molar-refractivity contribution in [3.05, 3.63) is 53.1 Å². The number of carbonyl (C=O) groups excluding carboxylic acids is 1. The molecule has 3 aromatic rings. The van der Waals surface area contributed by atoms with Gasteiger partial charge in [-0.15, -0.1) is 10.2 Å². The Morgan fingerprint density at radius 1 is 1.15 bits per heavy atom. The molecule has 9 heteroatoms. The molecular weight excluding hydrogens is 386 g/mol. The SMILES string of the molecule is CSc1nnc2c(n1)O[C@]1(Nc3ccccc3-2)C(=O)Nc2ccc(Cl)cc21. The molecule has 2 aliphatic rings. The van der Waals surface area contributed by atoms with Gasteiger partial charge in [-0.2, -0.15) is 4.98 Å². The highest BCUT2D eigenvalue weighted by Gasteiger charge is 2.52. The molecule has 2 N–H and O–H groups in total. The number of halogens is 1. The summed E-state index contributed by atoms with van der Waals surface area (Å²) in [6.45, 7) is 0. The number of fused-ring (bicyclic) bond motifs is 5. The Morgan fingerprint density at radius 3 is 2.85 bits per heavy atom. The standard InChI is InChI=1S/C18H12ClN5O2S/c1-27-17-21-15-14(23-24-17)10-4-2-3-5-12(10)22-18(26-15)11-8-9(19)6-7-13(11)20-16(18)25/h2-8,22H,1H3,(H,20,25)/t18-/m0/s1. The van der Waals surface area contributed by atoms with Crippen LogP contribution in [0, 0.1) is 0 Å². The number of benzene rings is 2. The van der Waals surface area contributed by atoms with Gasteiger partial charge in [0.05, 0.1) is 11.3 Å². The number of thioether (sulfide) groups is 1. The average Bonchev–Trinajstić information content (AvgIpc) is 2.85. The van der Waals surface area contributed by atoms with Gasteiger partial charge in [-0.1, -0.05) is 41.6 Å². The van der Waals surface area contributed by atoms with Gasteiger partial charge in [0.15, 0.2) is 5.69 Å². The summed E-state index contributed by atoms with van der Waals surface area (Å²) in [5.74, 6) is -0.124. The van der Waals surface area contributed by atoms with Crippen LogP contribution in [0.1, 0.15) is 5.56 Å². The molecule has 3 heterocycles. The normalized spacial score (nSPS) is 19.3. The van der Waals surface area contributed by atoms with Gasteiger partial charge in [-0.3, -0.25) is 4.79 Å². The Kier molecular flexibility index (Phi) is 3.53. The molecule has 7 nitrogen and oxygen atoms in total. The molecule has 5 rings (SSSR count). The third-order valence-corrected chi connectivity index (χ3v) is 5.26. The van der Waals surface area contributed by atoms with Gasteiger partial charge in [-0.25, -0.2) is 0 Å². The number of anilines is 2. The quantitative estimate of drug-likeness (QED) is 0.607.